The van der Waals surface area contributed by atoms with Gasteiger partial charge in [0.2, 0.25) is 0 Å². The van der Waals surface area contributed by atoms with Crippen molar-refractivity contribution in [1.82, 2.24) is 4.90 Å². The fourth-order valence-corrected chi connectivity index (χ4v) is 3.81. The highest BCUT2D eigenvalue weighted by Gasteiger charge is 2.46. The summed E-state index contributed by atoms with van der Waals surface area (Å²) in [6.45, 7) is 0.721. The minimum atomic E-state index is -0.772. The molecule has 1 saturated heterocycles. The van der Waals surface area contributed by atoms with Gasteiger partial charge in [0, 0.05) is 25.3 Å². The van der Waals surface area contributed by atoms with Crippen molar-refractivity contribution in [3.8, 4) is 11.5 Å². The summed E-state index contributed by atoms with van der Waals surface area (Å²) < 4.78 is 15.6. The second kappa shape index (κ2) is 9.85. The third kappa shape index (κ3) is 4.52. The lowest BCUT2D eigenvalue weighted by Crippen LogP contribution is -2.31. The van der Waals surface area contributed by atoms with Crippen LogP contribution in [-0.2, 0) is 14.3 Å². The number of amides is 1. The Morgan fingerprint density at radius 3 is 2.39 bits per heavy atom. The number of methoxy groups -OCH3 is 3. The maximum atomic E-state index is 13.0. The number of hydrogen-bond donors (Lipinski definition) is 1. The van der Waals surface area contributed by atoms with Crippen molar-refractivity contribution in [3.05, 3.63) is 64.2 Å². The van der Waals surface area contributed by atoms with E-state index in [9.17, 15) is 14.7 Å². The molecule has 0 aromatic heterocycles. The van der Waals surface area contributed by atoms with Crippen LogP contribution in [0.3, 0.4) is 0 Å². The van der Waals surface area contributed by atoms with Crippen LogP contribution in [0.5, 0.6) is 11.5 Å². The predicted octanol–water partition coefficient (Wildman–Crippen LogP) is 3.82. The van der Waals surface area contributed by atoms with Gasteiger partial charge in [-0.2, -0.15) is 0 Å². The maximum absolute atomic E-state index is 13.0. The molecule has 0 spiro atoms. The van der Waals surface area contributed by atoms with E-state index in [-0.39, 0.29) is 16.9 Å². The molecule has 3 rings (SSSR count). The first-order chi connectivity index (χ1) is 14.9. The van der Waals surface area contributed by atoms with Gasteiger partial charge in [-0.15, -0.1) is 0 Å². The fraction of sp³-hybridized carbons (Fsp3) is 0.304. The molecule has 1 amide bonds. The summed E-state index contributed by atoms with van der Waals surface area (Å²) in [5.74, 6) is -0.817. The first kappa shape index (κ1) is 22.7. The number of halogens is 1. The molecule has 1 atom stereocenters. The Kier molecular flexibility index (Phi) is 7.20. The number of hydrogen-bond acceptors (Lipinski definition) is 6. The Balaban J connectivity index is 2.17. The normalized spacial score (nSPS) is 17.8. The van der Waals surface area contributed by atoms with Crippen molar-refractivity contribution in [3.63, 3.8) is 0 Å². The van der Waals surface area contributed by atoms with E-state index in [2.05, 4.69) is 0 Å². The maximum Gasteiger partial charge on any atom is 0.295 e. The Morgan fingerprint density at radius 2 is 1.77 bits per heavy atom. The van der Waals surface area contributed by atoms with Crippen LogP contribution in [0.2, 0.25) is 5.02 Å². The summed E-state index contributed by atoms with van der Waals surface area (Å²) >= 11 is 6.11. The number of Topliss-reactive ketones (excluding diaryl/α,β-unsaturated/α-hetero) is 1. The van der Waals surface area contributed by atoms with E-state index in [1.807, 2.05) is 0 Å². The minimum Gasteiger partial charge on any atom is -0.507 e. The van der Waals surface area contributed by atoms with Gasteiger partial charge in [0.25, 0.3) is 11.7 Å². The molecule has 2 aromatic rings. The fourth-order valence-electron chi connectivity index (χ4n) is 3.63. The van der Waals surface area contributed by atoms with Gasteiger partial charge in [0.05, 0.1) is 31.4 Å². The Morgan fingerprint density at radius 1 is 1.06 bits per heavy atom. The van der Waals surface area contributed by atoms with Crippen molar-refractivity contribution < 1.29 is 28.9 Å². The standard InChI is InChI=1S/C23H24ClNO6/c1-29-12-4-11-25-20(14-5-8-16(30-2)9-6-14)19(22(27)23(25)28)21(26)17-13-15(24)7-10-18(17)31-3/h5-10,13,20,26H,4,11-12H2,1-3H3/b21-19+. The lowest BCUT2D eigenvalue weighted by Gasteiger charge is -2.25. The summed E-state index contributed by atoms with van der Waals surface area (Å²) in [7, 11) is 4.57. The molecule has 0 radical (unpaired) electrons. The van der Waals surface area contributed by atoms with E-state index in [4.69, 9.17) is 25.8 Å². The first-order valence-electron chi connectivity index (χ1n) is 9.68. The summed E-state index contributed by atoms with van der Waals surface area (Å²) in [4.78, 5) is 27.3. The van der Waals surface area contributed by atoms with Crippen LogP contribution in [0, 0.1) is 0 Å². The number of ether oxygens (including phenoxy) is 3. The second-order valence-corrected chi connectivity index (χ2v) is 7.39. The van der Waals surface area contributed by atoms with Crippen molar-refractivity contribution in [2.75, 3.05) is 34.5 Å². The molecule has 1 unspecified atom stereocenters. The van der Waals surface area contributed by atoms with Gasteiger partial charge in [0.1, 0.15) is 17.3 Å². The quantitative estimate of drug-likeness (QED) is 0.288. The molecule has 2 aromatic carbocycles. The molecule has 1 fully saturated rings. The van der Waals surface area contributed by atoms with Crippen molar-refractivity contribution >= 4 is 29.1 Å². The van der Waals surface area contributed by atoms with E-state index in [0.29, 0.717) is 41.7 Å². The van der Waals surface area contributed by atoms with E-state index >= 15 is 0 Å². The van der Waals surface area contributed by atoms with Crippen LogP contribution in [0.4, 0.5) is 0 Å². The first-order valence-corrected chi connectivity index (χ1v) is 10.1. The molecule has 0 bridgehead atoms. The van der Waals surface area contributed by atoms with Crippen molar-refractivity contribution in [2.24, 2.45) is 0 Å². The number of likely N-dealkylation sites (tertiary alicyclic amines) is 1. The lowest BCUT2D eigenvalue weighted by atomic mass is 9.95. The smallest absolute Gasteiger partial charge is 0.295 e. The largest absolute Gasteiger partial charge is 0.507 e. The van der Waals surface area contributed by atoms with E-state index in [1.54, 1.807) is 50.6 Å². The van der Waals surface area contributed by atoms with Gasteiger partial charge < -0.3 is 24.2 Å². The SMILES string of the molecule is COCCCN1C(=O)C(=O)/C(=C(/O)c2cc(Cl)ccc2OC)C1c1ccc(OC)cc1. The van der Waals surface area contributed by atoms with Gasteiger partial charge in [-0.1, -0.05) is 23.7 Å². The van der Waals surface area contributed by atoms with Crippen LogP contribution in [-0.4, -0.2) is 56.2 Å². The third-order valence-electron chi connectivity index (χ3n) is 5.14. The summed E-state index contributed by atoms with van der Waals surface area (Å²) in [5, 5.41) is 11.5. The number of ketones is 1. The average molecular weight is 446 g/mol. The summed E-state index contributed by atoms with van der Waals surface area (Å²) in [6.07, 6.45) is 0.538. The van der Waals surface area contributed by atoms with Gasteiger partial charge >= 0.3 is 0 Å². The third-order valence-corrected chi connectivity index (χ3v) is 5.37. The highest BCUT2D eigenvalue weighted by molar-refractivity contribution is 6.46. The monoisotopic (exact) mass is 445 g/mol. The lowest BCUT2D eigenvalue weighted by molar-refractivity contribution is -0.140. The highest BCUT2D eigenvalue weighted by atomic mass is 35.5. The number of benzene rings is 2. The Labute approximate surface area is 185 Å². The topological polar surface area (TPSA) is 85.3 Å². The zero-order valence-corrected chi connectivity index (χ0v) is 18.3. The molecular weight excluding hydrogens is 422 g/mol. The molecule has 31 heavy (non-hydrogen) atoms. The molecule has 0 aliphatic carbocycles. The number of aliphatic hydroxyl groups is 1. The van der Waals surface area contributed by atoms with Crippen LogP contribution >= 0.6 is 11.6 Å². The van der Waals surface area contributed by atoms with Gasteiger partial charge in [-0.05, 0) is 42.3 Å². The van der Waals surface area contributed by atoms with E-state index in [0.717, 1.165) is 0 Å². The zero-order chi connectivity index (χ0) is 22.5. The number of carbonyl (C=O) groups is 2. The molecule has 1 heterocycles. The number of rotatable bonds is 8. The van der Waals surface area contributed by atoms with Crippen molar-refractivity contribution in [1.29, 1.82) is 0 Å². The van der Waals surface area contributed by atoms with Crippen LogP contribution < -0.4 is 9.47 Å². The number of aliphatic hydroxyl groups excluding tert-OH is 1. The van der Waals surface area contributed by atoms with Gasteiger partial charge in [-0.3, -0.25) is 9.59 Å². The molecular formula is C23H24ClNO6. The molecule has 1 aliphatic heterocycles. The second-order valence-electron chi connectivity index (χ2n) is 6.96. The van der Waals surface area contributed by atoms with E-state index in [1.165, 1.54) is 18.1 Å². The molecule has 1 N–H and O–H groups in total. The molecule has 1 aliphatic rings. The van der Waals surface area contributed by atoms with E-state index < -0.39 is 17.7 Å². The summed E-state index contributed by atoms with van der Waals surface area (Å²) in [5.41, 5.74) is 0.886. The van der Waals surface area contributed by atoms with Crippen LogP contribution in [0.1, 0.15) is 23.6 Å². The Hall–Kier alpha value is -3.03. The van der Waals surface area contributed by atoms with Crippen LogP contribution in [0.25, 0.3) is 5.76 Å². The minimum absolute atomic E-state index is 0.0202. The summed E-state index contributed by atoms with van der Waals surface area (Å²) in [6, 6.07) is 10.9. The number of nitrogens with zero attached hydrogens (tertiary/aromatic N) is 1. The molecule has 7 nitrogen and oxygen atoms in total. The number of carbonyl (C=O) groups excluding carboxylic acids is 2. The van der Waals surface area contributed by atoms with Gasteiger partial charge in [-0.25, -0.2) is 0 Å². The average Bonchev–Trinajstić information content (AvgIpc) is 3.03. The molecule has 164 valence electrons. The predicted molar refractivity (Wildman–Crippen MR) is 117 cm³/mol. The highest BCUT2D eigenvalue weighted by Crippen LogP contribution is 2.41. The van der Waals surface area contributed by atoms with Gasteiger partial charge in [0.15, 0.2) is 0 Å². The van der Waals surface area contributed by atoms with Crippen molar-refractivity contribution in [2.45, 2.75) is 12.5 Å². The van der Waals surface area contributed by atoms with Crippen LogP contribution in [0.15, 0.2) is 48.0 Å². The molecule has 8 heteroatoms. The molecule has 0 saturated carbocycles. The Bertz CT molecular complexity index is 1000. The zero-order valence-electron chi connectivity index (χ0n) is 17.6.